The van der Waals surface area contributed by atoms with Gasteiger partial charge < -0.3 is 19.2 Å². The molecule has 0 saturated heterocycles. The molecule has 0 spiro atoms. The molecule has 0 aromatic carbocycles. The first-order valence-corrected chi connectivity index (χ1v) is 2.19. The summed E-state index contributed by atoms with van der Waals surface area (Å²) in [5, 5.41) is 0. The van der Waals surface area contributed by atoms with Gasteiger partial charge in [-0.2, -0.15) is 7.82 Å². The van der Waals surface area contributed by atoms with Gasteiger partial charge in [0.25, 0.3) is 0 Å². The fourth-order valence-corrected chi connectivity index (χ4v) is 0. The normalized spacial score (nSPS) is 7.38. The minimum atomic E-state index is -5.39. The summed E-state index contributed by atoms with van der Waals surface area (Å²) in [5.74, 6) is 0. The zero-order valence-electron chi connectivity index (χ0n) is 4.20. The van der Waals surface area contributed by atoms with E-state index in [1.165, 1.54) is 0 Å². The Bertz CT molecular complexity index is 62.2. The van der Waals surface area contributed by atoms with E-state index in [1.807, 2.05) is 0 Å². The predicted octanol–water partition coefficient (Wildman–Crippen LogP) is -3.97. The summed E-state index contributed by atoms with van der Waals surface area (Å²) < 4.78 is 8.55. The fourth-order valence-electron chi connectivity index (χ4n) is 0. The van der Waals surface area contributed by atoms with Crippen molar-refractivity contribution in [3.05, 3.63) is 0 Å². The van der Waals surface area contributed by atoms with Gasteiger partial charge in [-0.25, -0.2) is 0 Å². The van der Waals surface area contributed by atoms with Crippen LogP contribution in [0.4, 0.5) is 0 Å². The summed E-state index contributed by atoms with van der Waals surface area (Å²) >= 11 is 0. The fraction of sp³-hybridized carbons (Fsp3) is 0. The molecular formula is CaMgO4PSr+3. The van der Waals surface area contributed by atoms with Crippen molar-refractivity contribution < 1.29 is 19.2 Å². The Morgan fingerprint density at radius 3 is 1.12 bits per heavy atom. The first kappa shape index (κ1) is 22.6. The van der Waals surface area contributed by atoms with E-state index >= 15 is 0 Å². The first-order chi connectivity index (χ1) is 2.00. The second-order valence-electron chi connectivity index (χ2n) is 0.447. The molecule has 0 unspecified atom stereocenters. The molecule has 0 aliphatic rings. The van der Waals surface area contributed by atoms with E-state index in [2.05, 4.69) is 0 Å². The first-order valence-electron chi connectivity index (χ1n) is 0.730. The van der Waals surface area contributed by atoms with Crippen LogP contribution >= 0.6 is 7.82 Å². The van der Waals surface area contributed by atoms with Crippen LogP contribution in [0.1, 0.15) is 0 Å². The summed E-state index contributed by atoms with van der Waals surface area (Å²) in [7, 11) is -5.39. The smallest absolute Gasteiger partial charge is 0.822 e. The molecule has 0 heterocycles. The van der Waals surface area contributed by atoms with Crippen LogP contribution in [-0.4, -0.2) is 106 Å². The van der Waals surface area contributed by atoms with Crippen LogP contribution in [0.25, 0.3) is 0 Å². The van der Waals surface area contributed by atoms with Crippen molar-refractivity contribution in [3.8, 4) is 0 Å². The summed E-state index contributed by atoms with van der Waals surface area (Å²) in [6, 6.07) is 0. The van der Waals surface area contributed by atoms with Crippen molar-refractivity contribution in [2.75, 3.05) is 0 Å². The van der Waals surface area contributed by atoms with Crippen LogP contribution in [0.3, 0.4) is 0 Å². The molecular weight excluding hydrogens is 247 g/mol. The van der Waals surface area contributed by atoms with Crippen molar-refractivity contribution in [3.63, 3.8) is 0 Å². The largest absolute Gasteiger partial charge is 2.00 e. The third-order valence-electron chi connectivity index (χ3n) is 0. The zero-order chi connectivity index (χ0) is 4.50. The molecule has 4 nitrogen and oxygen atoms in total. The third-order valence-corrected chi connectivity index (χ3v) is 0. The van der Waals surface area contributed by atoms with E-state index in [9.17, 15) is 0 Å². The Balaban J connectivity index is -0.0000000267. The molecule has 8 heavy (non-hydrogen) atoms. The molecule has 0 amide bonds. The molecule has 0 rings (SSSR count). The SMILES string of the molecule is O=P([O-])([O-])[O-].[Ca+2].[Mg+2].[Sr+2]. The molecule has 0 aliphatic heterocycles. The standard InChI is InChI=1S/Ca.Mg.H3O4P.Sr/c;;1-5(2,3)4;/h;;(H3,1,2,3,4);/q2*+2;;+2/p-3. The van der Waals surface area contributed by atoms with Crippen molar-refractivity contribution in [1.29, 1.82) is 0 Å². The Kier molecular flexibility index (Phi) is 30.0. The van der Waals surface area contributed by atoms with Gasteiger partial charge in [0.05, 0.1) is 0 Å². The number of rotatable bonds is 0. The summed E-state index contributed by atoms with van der Waals surface area (Å²) in [6.07, 6.45) is 0. The van der Waals surface area contributed by atoms with Gasteiger partial charge >= 0.3 is 106 Å². The molecule has 0 aliphatic carbocycles. The minimum absolute atomic E-state index is 0. The Labute approximate surface area is 130 Å². The topological polar surface area (TPSA) is 86.2 Å². The number of hydrogen-bond acceptors (Lipinski definition) is 4. The number of hydrogen-bond donors (Lipinski definition) is 0. The van der Waals surface area contributed by atoms with Gasteiger partial charge in [-0.15, -0.1) is 0 Å². The quantitative estimate of drug-likeness (QED) is 0.323. The van der Waals surface area contributed by atoms with E-state index in [4.69, 9.17) is 19.2 Å². The van der Waals surface area contributed by atoms with Crippen LogP contribution in [0.15, 0.2) is 0 Å². The zero-order valence-corrected chi connectivity index (χ0v) is 12.2. The van der Waals surface area contributed by atoms with Crippen LogP contribution in [0.5, 0.6) is 0 Å². The Hall–Kier alpha value is 3.62. The molecule has 32 valence electrons. The second kappa shape index (κ2) is 10.6. The van der Waals surface area contributed by atoms with Gasteiger partial charge in [0.1, 0.15) is 0 Å². The van der Waals surface area contributed by atoms with Gasteiger partial charge in [-0.3, -0.25) is 0 Å². The van der Waals surface area contributed by atoms with Crippen molar-refractivity contribution in [2.24, 2.45) is 0 Å². The Morgan fingerprint density at radius 1 is 1.12 bits per heavy atom. The summed E-state index contributed by atoms with van der Waals surface area (Å²) in [6.45, 7) is 0. The minimum Gasteiger partial charge on any atom is -0.822 e. The molecule has 0 bridgehead atoms. The van der Waals surface area contributed by atoms with Gasteiger partial charge in [0.15, 0.2) is 0 Å². The van der Waals surface area contributed by atoms with Crippen LogP contribution in [0, 0.1) is 0 Å². The monoisotopic (exact) mass is 247 g/mol. The maximum atomic E-state index is 8.55. The van der Waals surface area contributed by atoms with E-state index < -0.39 is 7.82 Å². The number of phosphoric acid groups is 1. The van der Waals surface area contributed by atoms with Gasteiger partial charge in [0.2, 0.25) is 0 Å². The van der Waals surface area contributed by atoms with Crippen LogP contribution < -0.4 is 14.7 Å². The maximum Gasteiger partial charge on any atom is 2.00 e. The summed E-state index contributed by atoms with van der Waals surface area (Å²) in [4.78, 5) is 25.6. The second-order valence-corrected chi connectivity index (χ2v) is 1.34. The van der Waals surface area contributed by atoms with E-state index in [0.29, 0.717) is 0 Å². The average Bonchev–Trinajstić information content (AvgIpc) is 0.722. The molecule has 8 heteroatoms. The molecule has 0 aromatic rings. The Morgan fingerprint density at radius 2 is 1.12 bits per heavy atom. The predicted molar refractivity (Wildman–Crippen MR) is 24.9 cm³/mol. The van der Waals surface area contributed by atoms with Crippen molar-refractivity contribution in [1.82, 2.24) is 0 Å². The van der Waals surface area contributed by atoms with Crippen molar-refractivity contribution >= 4 is 114 Å². The molecule has 0 saturated carbocycles. The van der Waals surface area contributed by atoms with Crippen LogP contribution in [0.2, 0.25) is 0 Å². The van der Waals surface area contributed by atoms with E-state index in [0.717, 1.165) is 0 Å². The van der Waals surface area contributed by atoms with E-state index in [-0.39, 0.29) is 106 Å². The maximum absolute atomic E-state index is 8.55. The molecule has 0 N–H and O–H groups in total. The van der Waals surface area contributed by atoms with Gasteiger partial charge in [-0.05, 0) is 0 Å². The van der Waals surface area contributed by atoms with Gasteiger partial charge in [0, 0.05) is 0 Å². The van der Waals surface area contributed by atoms with E-state index in [1.54, 1.807) is 0 Å². The van der Waals surface area contributed by atoms with Gasteiger partial charge in [-0.1, -0.05) is 0 Å². The van der Waals surface area contributed by atoms with Crippen LogP contribution in [-0.2, 0) is 4.57 Å². The summed E-state index contributed by atoms with van der Waals surface area (Å²) in [5.41, 5.74) is 0. The molecule has 0 radical (unpaired) electrons. The average molecular weight is 247 g/mol. The van der Waals surface area contributed by atoms with Crippen molar-refractivity contribution in [2.45, 2.75) is 0 Å². The molecule has 0 atom stereocenters. The molecule has 0 aromatic heterocycles. The molecule has 0 fully saturated rings. The third kappa shape index (κ3) is 54.6.